The summed E-state index contributed by atoms with van der Waals surface area (Å²) in [5, 5.41) is 14.2. The highest BCUT2D eigenvalue weighted by Gasteiger charge is 2.21. The van der Waals surface area contributed by atoms with Crippen molar-refractivity contribution in [1.29, 1.82) is 0 Å². The molecule has 0 unspecified atom stereocenters. The summed E-state index contributed by atoms with van der Waals surface area (Å²) in [7, 11) is -2.58. The summed E-state index contributed by atoms with van der Waals surface area (Å²) < 4.78 is 50.2. The van der Waals surface area contributed by atoms with E-state index in [9.17, 15) is 22.9 Å². The summed E-state index contributed by atoms with van der Waals surface area (Å²) in [4.78, 5) is 10.5. The van der Waals surface area contributed by atoms with Crippen molar-refractivity contribution >= 4 is 21.4 Å². The van der Waals surface area contributed by atoms with Gasteiger partial charge in [-0.3, -0.25) is 10.1 Å². The van der Waals surface area contributed by atoms with Crippen molar-refractivity contribution in [1.82, 2.24) is 4.72 Å². The van der Waals surface area contributed by atoms with E-state index in [1.54, 1.807) is 0 Å². The fourth-order valence-electron chi connectivity index (χ4n) is 2.87. The lowest BCUT2D eigenvalue weighted by Crippen LogP contribution is -2.19. The van der Waals surface area contributed by atoms with Gasteiger partial charge in [0.1, 0.15) is 17.3 Å². The summed E-state index contributed by atoms with van der Waals surface area (Å²) in [5.41, 5.74) is 1.01. The van der Waals surface area contributed by atoms with E-state index in [0.29, 0.717) is 23.3 Å². The molecule has 0 fully saturated rings. The van der Waals surface area contributed by atoms with E-state index in [1.165, 1.54) is 31.3 Å². The average molecular weight is 411 g/mol. The zero-order chi connectivity index (χ0) is 20.3. The molecule has 1 heterocycles. The zero-order valence-corrected chi connectivity index (χ0v) is 15.7. The molecular weight excluding hydrogens is 393 g/mol. The summed E-state index contributed by atoms with van der Waals surface area (Å²) in [6.45, 7) is 0.575. The van der Waals surface area contributed by atoms with Gasteiger partial charge in [0.25, 0.3) is 5.69 Å². The Balaban J connectivity index is 1.78. The van der Waals surface area contributed by atoms with E-state index >= 15 is 0 Å². The quantitative estimate of drug-likeness (QED) is 0.529. The number of fused-ring (bicyclic) bond motifs is 1. The number of rotatable bonds is 7. The maximum Gasteiger partial charge on any atom is 0.293 e. The second kappa shape index (κ2) is 8.09. The number of nitrogens with zero attached hydrogens (tertiary/aromatic N) is 1. The van der Waals surface area contributed by atoms with Gasteiger partial charge in [-0.2, -0.15) is 0 Å². The highest BCUT2D eigenvalue weighted by atomic mass is 32.2. The van der Waals surface area contributed by atoms with Crippen molar-refractivity contribution in [3.8, 4) is 5.75 Å². The minimum Gasteiger partial charge on any atom is -0.467 e. The minimum atomic E-state index is -3.80. The molecule has 1 aliphatic heterocycles. The van der Waals surface area contributed by atoms with Gasteiger partial charge in [0.05, 0.1) is 16.4 Å². The molecule has 2 N–H and O–H groups in total. The molecule has 3 rings (SSSR count). The number of nitro benzene ring substituents is 1. The first kappa shape index (κ1) is 20.0. The lowest BCUT2D eigenvalue weighted by Gasteiger charge is -2.21. The van der Waals surface area contributed by atoms with Gasteiger partial charge in [-0.05, 0) is 43.3 Å². The predicted molar refractivity (Wildman–Crippen MR) is 98.2 cm³/mol. The molecular formula is C17H18FN3O6S. The molecule has 0 atom stereocenters. The van der Waals surface area contributed by atoms with Crippen LogP contribution in [-0.2, 0) is 27.8 Å². The fourth-order valence-corrected chi connectivity index (χ4v) is 3.62. The number of benzene rings is 2. The molecule has 9 nitrogen and oxygen atoms in total. The number of sulfonamides is 1. The largest absolute Gasteiger partial charge is 0.467 e. The van der Waals surface area contributed by atoms with Crippen LogP contribution in [0.4, 0.5) is 15.8 Å². The number of anilines is 1. The van der Waals surface area contributed by atoms with Gasteiger partial charge < -0.3 is 14.8 Å². The first-order valence-electron chi connectivity index (χ1n) is 8.29. The van der Waals surface area contributed by atoms with E-state index in [-0.39, 0.29) is 36.2 Å². The Hall–Kier alpha value is -2.76. The van der Waals surface area contributed by atoms with Gasteiger partial charge in [0.15, 0.2) is 6.79 Å². The average Bonchev–Trinajstić information content (AvgIpc) is 2.67. The van der Waals surface area contributed by atoms with Crippen LogP contribution in [0.5, 0.6) is 5.75 Å². The highest BCUT2D eigenvalue weighted by Crippen LogP contribution is 2.31. The van der Waals surface area contributed by atoms with Crippen molar-refractivity contribution in [2.45, 2.75) is 17.9 Å². The van der Waals surface area contributed by atoms with Crippen LogP contribution < -0.4 is 14.8 Å². The molecule has 150 valence electrons. The van der Waals surface area contributed by atoms with Crippen LogP contribution in [0.2, 0.25) is 0 Å². The molecule has 0 saturated carbocycles. The fraction of sp³-hybridized carbons (Fsp3) is 0.294. The van der Waals surface area contributed by atoms with Gasteiger partial charge in [0.2, 0.25) is 10.0 Å². The molecule has 0 saturated heterocycles. The summed E-state index contributed by atoms with van der Waals surface area (Å²) in [6.07, 6.45) is 0.341. The van der Waals surface area contributed by atoms with Crippen molar-refractivity contribution in [3.63, 3.8) is 0 Å². The molecule has 11 heteroatoms. The standard InChI is InChI=1S/C17H18FN3O6S/c1-19-28(24,25)14-2-3-15(16(8-14)21(22)23)20-5-4-11-6-13(18)7-12-9-26-10-27-17(11)12/h2-3,6-8,19-20H,4-5,9-10H2,1H3. The topological polar surface area (TPSA) is 120 Å². The maximum atomic E-state index is 13.8. The van der Waals surface area contributed by atoms with E-state index in [0.717, 1.165) is 6.07 Å². The maximum absolute atomic E-state index is 13.8. The lowest BCUT2D eigenvalue weighted by atomic mass is 10.1. The van der Waals surface area contributed by atoms with Crippen molar-refractivity contribution in [2.24, 2.45) is 0 Å². The van der Waals surface area contributed by atoms with Crippen LogP contribution in [0, 0.1) is 15.9 Å². The second-order valence-electron chi connectivity index (χ2n) is 5.98. The Bertz CT molecular complexity index is 1010. The van der Waals surface area contributed by atoms with Gasteiger partial charge in [0, 0.05) is 18.2 Å². The molecule has 0 amide bonds. The molecule has 0 bridgehead atoms. The number of halogens is 1. The molecule has 2 aromatic rings. The molecule has 2 aromatic carbocycles. The van der Waals surface area contributed by atoms with Gasteiger partial charge >= 0.3 is 0 Å². The molecule has 0 aliphatic carbocycles. The summed E-state index contributed by atoms with van der Waals surface area (Å²) in [6, 6.07) is 6.28. The number of nitrogens with one attached hydrogen (secondary N) is 2. The Morgan fingerprint density at radius 1 is 1.29 bits per heavy atom. The van der Waals surface area contributed by atoms with Gasteiger partial charge in [-0.1, -0.05) is 0 Å². The first-order chi connectivity index (χ1) is 13.3. The smallest absolute Gasteiger partial charge is 0.293 e. The van der Waals surface area contributed by atoms with Crippen LogP contribution in [-0.4, -0.2) is 33.7 Å². The van der Waals surface area contributed by atoms with E-state index in [4.69, 9.17) is 9.47 Å². The van der Waals surface area contributed by atoms with Crippen molar-refractivity contribution in [2.75, 3.05) is 25.7 Å². The first-order valence-corrected chi connectivity index (χ1v) is 9.78. The van der Waals surface area contributed by atoms with Crippen LogP contribution >= 0.6 is 0 Å². The normalized spacial score (nSPS) is 13.5. The third-order valence-electron chi connectivity index (χ3n) is 4.21. The number of nitro groups is 1. The number of hydrogen-bond acceptors (Lipinski definition) is 7. The summed E-state index contributed by atoms with van der Waals surface area (Å²) in [5.74, 6) is 0.134. The molecule has 0 spiro atoms. The van der Waals surface area contributed by atoms with Crippen LogP contribution in [0.3, 0.4) is 0 Å². The molecule has 0 aromatic heterocycles. The second-order valence-corrected chi connectivity index (χ2v) is 7.87. The van der Waals surface area contributed by atoms with E-state index in [2.05, 4.69) is 10.0 Å². The van der Waals surface area contributed by atoms with Crippen LogP contribution in [0.15, 0.2) is 35.2 Å². The highest BCUT2D eigenvalue weighted by molar-refractivity contribution is 7.89. The third-order valence-corrected chi connectivity index (χ3v) is 5.62. The van der Waals surface area contributed by atoms with Crippen molar-refractivity contribution in [3.05, 3.63) is 57.4 Å². The lowest BCUT2D eigenvalue weighted by molar-refractivity contribution is -0.384. The minimum absolute atomic E-state index is 0.0753. The van der Waals surface area contributed by atoms with Gasteiger partial charge in [-0.15, -0.1) is 0 Å². The Kier molecular flexibility index (Phi) is 5.77. The monoisotopic (exact) mass is 411 g/mol. The molecule has 1 aliphatic rings. The van der Waals surface area contributed by atoms with E-state index < -0.39 is 20.8 Å². The Labute approximate surface area is 160 Å². The number of ether oxygens (including phenoxy) is 2. The van der Waals surface area contributed by atoms with Gasteiger partial charge in [-0.25, -0.2) is 17.5 Å². The van der Waals surface area contributed by atoms with Crippen LogP contribution in [0.25, 0.3) is 0 Å². The SMILES string of the molecule is CNS(=O)(=O)c1ccc(NCCc2cc(F)cc3c2OCOC3)c([N+](=O)[O-])c1. The Morgan fingerprint density at radius 3 is 2.79 bits per heavy atom. The van der Waals surface area contributed by atoms with Crippen molar-refractivity contribution < 1.29 is 27.2 Å². The molecule has 0 radical (unpaired) electrons. The number of hydrogen-bond donors (Lipinski definition) is 2. The Morgan fingerprint density at radius 2 is 2.07 bits per heavy atom. The zero-order valence-electron chi connectivity index (χ0n) is 14.9. The van der Waals surface area contributed by atoms with Crippen LogP contribution in [0.1, 0.15) is 11.1 Å². The molecule has 28 heavy (non-hydrogen) atoms. The van der Waals surface area contributed by atoms with E-state index in [1.807, 2.05) is 0 Å². The summed E-state index contributed by atoms with van der Waals surface area (Å²) >= 11 is 0. The predicted octanol–water partition coefficient (Wildman–Crippen LogP) is 2.16. The third kappa shape index (κ3) is 4.21.